The van der Waals surface area contributed by atoms with Crippen molar-refractivity contribution in [3.63, 3.8) is 0 Å². The number of nitriles is 1. The average Bonchev–Trinajstić information content (AvgIpc) is 2.29. The van der Waals surface area contributed by atoms with Gasteiger partial charge in [0.1, 0.15) is 5.60 Å². The third-order valence-corrected chi connectivity index (χ3v) is 2.66. The molecular formula is C13H20N2O3. The molecule has 5 nitrogen and oxygen atoms in total. The minimum Gasteiger partial charge on any atom is -0.444 e. The van der Waals surface area contributed by atoms with E-state index >= 15 is 0 Å². The van der Waals surface area contributed by atoms with Gasteiger partial charge in [0.05, 0.1) is 18.2 Å². The van der Waals surface area contributed by atoms with Gasteiger partial charge >= 0.3 is 6.09 Å². The highest BCUT2D eigenvalue weighted by Gasteiger charge is 2.26. The lowest BCUT2D eigenvalue weighted by atomic mass is 10.00. The monoisotopic (exact) mass is 252 g/mol. The molecule has 0 unspecified atom stereocenters. The summed E-state index contributed by atoms with van der Waals surface area (Å²) in [5.74, 6) is 0. The molecule has 0 atom stereocenters. The maximum atomic E-state index is 11.9. The largest absolute Gasteiger partial charge is 0.444 e. The number of aliphatic hydroxyl groups is 1. The number of ether oxygens (including phenoxy) is 1. The van der Waals surface area contributed by atoms with E-state index in [1.807, 2.05) is 26.8 Å². The zero-order valence-corrected chi connectivity index (χ0v) is 11.2. The Morgan fingerprint density at radius 1 is 1.56 bits per heavy atom. The van der Waals surface area contributed by atoms with E-state index in [1.54, 1.807) is 4.90 Å². The molecule has 0 spiro atoms. The molecule has 5 heteroatoms. The first-order valence-electron chi connectivity index (χ1n) is 6.07. The molecule has 0 aromatic heterocycles. The standard InChI is InChI=1S/C13H20N2O3/c1-13(2,3)18-12(17)15-6-4-5-10(8-15)11(7-14)9-16/h16H,4-6,8-9H2,1-3H3/b11-10+. The Morgan fingerprint density at radius 3 is 2.72 bits per heavy atom. The molecule has 18 heavy (non-hydrogen) atoms. The van der Waals surface area contributed by atoms with Crippen molar-refractivity contribution in [2.45, 2.75) is 39.2 Å². The van der Waals surface area contributed by atoms with Crippen molar-refractivity contribution in [3.8, 4) is 6.07 Å². The van der Waals surface area contributed by atoms with Crippen LogP contribution in [0, 0.1) is 11.3 Å². The van der Waals surface area contributed by atoms with Crippen LogP contribution in [0.15, 0.2) is 11.1 Å². The van der Waals surface area contributed by atoms with Crippen molar-refractivity contribution in [2.75, 3.05) is 19.7 Å². The van der Waals surface area contributed by atoms with Gasteiger partial charge in [-0.1, -0.05) is 0 Å². The van der Waals surface area contributed by atoms with Crippen LogP contribution in [0.2, 0.25) is 0 Å². The number of carbonyl (C=O) groups excluding carboxylic acids is 1. The fraction of sp³-hybridized carbons (Fsp3) is 0.692. The van der Waals surface area contributed by atoms with Crippen LogP contribution in [0.1, 0.15) is 33.6 Å². The second-order valence-electron chi connectivity index (χ2n) is 5.36. The van der Waals surface area contributed by atoms with E-state index in [-0.39, 0.29) is 12.7 Å². The first kappa shape index (κ1) is 14.5. The number of rotatable bonds is 1. The highest BCUT2D eigenvalue weighted by Crippen LogP contribution is 2.21. The highest BCUT2D eigenvalue weighted by atomic mass is 16.6. The number of amides is 1. The van der Waals surface area contributed by atoms with E-state index in [0.717, 1.165) is 18.4 Å². The summed E-state index contributed by atoms with van der Waals surface area (Å²) in [5, 5.41) is 18.0. The highest BCUT2D eigenvalue weighted by molar-refractivity contribution is 5.68. The Hall–Kier alpha value is -1.54. The van der Waals surface area contributed by atoms with Crippen LogP contribution in [0.5, 0.6) is 0 Å². The van der Waals surface area contributed by atoms with Gasteiger partial charge in [-0.25, -0.2) is 4.79 Å². The molecule has 1 amide bonds. The van der Waals surface area contributed by atoms with Crippen molar-refractivity contribution in [1.82, 2.24) is 4.90 Å². The summed E-state index contributed by atoms with van der Waals surface area (Å²) >= 11 is 0. The molecule has 0 bridgehead atoms. The Kier molecular flexibility index (Phi) is 4.74. The smallest absolute Gasteiger partial charge is 0.410 e. The van der Waals surface area contributed by atoms with Crippen molar-refractivity contribution in [2.24, 2.45) is 0 Å². The molecule has 0 aromatic carbocycles. The van der Waals surface area contributed by atoms with Crippen molar-refractivity contribution < 1.29 is 14.6 Å². The van der Waals surface area contributed by atoms with Crippen LogP contribution >= 0.6 is 0 Å². The number of likely N-dealkylation sites (tertiary alicyclic amines) is 1. The SMILES string of the molecule is CC(C)(C)OC(=O)N1CCC/C(=C(/C#N)CO)C1. The van der Waals surface area contributed by atoms with Crippen LogP contribution in [-0.4, -0.2) is 41.4 Å². The summed E-state index contributed by atoms with van der Waals surface area (Å²) in [7, 11) is 0. The molecule has 1 heterocycles. The topological polar surface area (TPSA) is 73.6 Å². The lowest BCUT2D eigenvalue weighted by Gasteiger charge is -2.31. The summed E-state index contributed by atoms with van der Waals surface area (Å²) in [6, 6.07) is 1.98. The zero-order valence-electron chi connectivity index (χ0n) is 11.2. The van der Waals surface area contributed by atoms with Gasteiger partial charge in [0.2, 0.25) is 0 Å². The van der Waals surface area contributed by atoms with Gasteiger partial charge in [0.15, 0.2) is 0 Å². The zero-order chi connectivity index (χ0) is 13.8. The third kappa shape index (κ3) is 4.04. The summed E-state index contributed by atoms with van der Waals surface area (Å²) in [5.41, 5.74) is 0.674. The van der Waals surface area contributed by atoms with E-state index < -0.39 is 5.60 Å². The quantitative estimate of drug-likeness (QED) is 0.722. The molecule has 0 radical (unpaired) electrons. The second kappa shape index (κ2) is 5.87. The lowest BCUT2D eigenvalue weighted by Crippen LogP contribution is -2.41. The van der Waals surface area contributed by atoms with Gasteiger partial charge < -0.3 is 14.7 Å². The predicted octanol–water partition coefficient (Wildman–Crippen LogP) is 1.83. The molecule has 1 rings (SSSR count). The molecule has 1 fully saturated rings. The van der Waals surface area contributed by atoms with Crippen LogP contribution in [0.4, 0.5) is 4.79 Å². The molecule has 0 saturated carbocycles. The number of nitrogens with zero attached hydrogens (tertiary/aromatic N) is 2. The van der Waals surface area contributed by atoms with Crippen LogP contribution < -0.4 is 0 Å². The van der Waals surface area contributed by atoms with Gasteiger partial charge in [-0.05, 0) is 39.2 Å². The predicted molar refractivity (Wildman–Crippen MR) is 66.8 cm³/mol. The molecule has 1 saturated heterocycles. The molecule has 0 aromatic rings. The summed E-state index contributed by atoms with van der Waals surface area (Å²) < 4.78 is 5.29. The van der Waals surface area contributed by atoms with Gasteiger partial charge in [0, 0.05) is 13.1 Å². The van der Waals surface area contributed by atoms with Gasteiger partial charge in [0.25, 0.3) is 0 Å². The number of hydrogen-bond donors (Lipinski definition) is 1. The first-order chi connectivity index (χ1) is 8.37. The Balaban J connectivity index is 2.73. The van der Waals surface area contributed by atoms with Gasteiger partial charge in [-0.3, -0.25) is 0 Å². The number of aliphatic hydroxyl groups excluding tert-OH is 1. The van der Waals surface area contributed by atoms with Crippen molar-refractivity contribution in [1.29, 1.82) is 5.26 Å². The van der Waals surface area contributed by atoms with Crippen LogP contribution in [0.3, 0.4) is 0 Å². The molecule has 100 valence electrons. The van der Waals surface area contributed by atoms with E-state index in [1.165, 1.54) is 0 Å². The number of piperidine rings is 1. The summed E-state index contributed by atoms with van der Waals surface area (Å²) in [6.45, 7) is 6.19. The summed E-state index contributed by atoms with van der Waals surface area (Å²) in [6.07, 6.45) is 1.18. The molecular weight excluding hydrogens is 232 g/mol. The fourth-order valence-corrected chi connectivity index (χ4v) is 1.83. The van der Waals surface area contributed by atoms with E-state index in [4.69, 9.17) is 15.1 Å². The Labute approximate surface area is 108 Å². The minimum absolute atomic E-state index is 0.270. The maximum Gasteiger partial charge on any atom is 0.410 e. The second-order valence-corrected chi connectivity index (χ2v) is 5.36. The van der Waals surface area contributed by atoms with Crippen LogP contribution in [-0.2, 0) is 4.74 Å². The average molecular weight is 252 g/mol. The Morgan fingerprint density at radius 2 is 2.22 bits per heavy atom. The third-order valence-electron chi connectivity index (χ3n) is 2.66. The van der Waals surface area contributed by atoms with Crippen molar-refractivity contribution >= 4 is 6.09 Å². The summed E-state index contributed by atoms with van der Waals surface area (Å²) in [4.78, 5) is 13.5. The van der Waals surface area contributed by atoms with Crippen molar-refractivity contribution in [3.05, 3.63) is 11.1 Å². The molecule has 1 aliphatic heterocycles. The minimum atomic E-state index is -0.520. The van der Waals surface area contributed by atoms with E-state index in [0.29, 0.717) is 18.7 Å². The first-order valence-corrected chi connectivity index (χ1v) is 6.07. The maximum absolute atomic E-state index is 11.9. The van der Waals surface area contributed by atoms with Gasteiger partial charge in [-0.2, -0.15) is 5.26 Å². The Bertz CT molecular complexity index is 388. The lowest BCUT2D eigenvalue weighted by molar-refractivity contribution is 0.0246. The fourth-order valence-electron chi connectivity index (χ4n) is 1.83. The molecule has 1 N–H and O–H groups in total. The number of carbonyl (C=O) groups is 1. The van der Waals surface area contributed by atoms with E-state index in [2.05, 4.69) is 0 Å². The molecule has 0 aliphatic carbocycles. The molecule has 1 aliphatic rings. The van der Waals surface area contributed by atoms with Gasteiger partial charge in [-0.15, -0.1) is 0 Å². The van der Waals surface area contributed by atoms with E-state index in [9.17, 15) is 4.79 Å². The normalized spacial score (nSPS) is 19.2. The van der Waals surface area contributed by atoms with Crippen LogP contribution in [0.25, 0.3) is 0 Å². The number of hydrogen-bond acceptors (Lipinski definition) is 4.